The van der Waals surface area contributed by atoms with Gasteiger partial charge >= 0.3 is 0 Å². The Kier molecular flexibility index (Phi) is 3.52. The number of nitrogen functional groups attached to an aromatic ring is 1. The van der Waals surface area contributed by atoms with Crippen LogP contribution in [0.5, 0.6) is 0 Å². The summed E-state index contributed by atoms with van der Waals surface area (Å²) in [6.45, 7) is 1.10. The molecule has 19 heavy (non-hydrogen) atoms. The fourth-order valence-electron chi connectivity index (χ4n) is 3.72. The van der Waals surface area contributed by atoms with Crippen molar-refractivity contribution in [1.82, 2.24) is 0 Å². The van der Waals surface area contributed by atoms with Crippen molar-refractivity contribution in [2.75, 3.05) is 11.4 Å². The van der Waals surface area contributed by atoms with Crippen molar-refractivity contribution in [1.29, 1.82) is 5.41 Å². The predicted molar refractivity (Wildman–Crippen MR) is 82.9 cm³/mol. The van der Waals surface area contributed by atoms with Crippen LogP contribution in [0.3, 0.4) is 0 Å². The van der Waals surface area contributed by atoms with Crippen molar-refractivity contribution >= 4 is 27.5 Å². The van der Waals surface area contributed by atoms with Crippen LogP contribution in [0, 0.1) is 11.3 Å². The number of hydrogen-bond donors (Lipinski definition) is 2. The maximum absolute atomic E-state index is 7.79. The number of amidine groups is 1. The zero-order valence-electron chi connectivity index (χ0n) is 11.0. The van der Waals surface area contributed by atoms with E-state index in [2.05, 4.69) is 26.9 Å². The van der Waals surface area contributed by atoms with Gasteiger partial charge in [-0.25, -0.2) is 0 Å². The Morgan fingerprint density at radius 3 is 2.84 bits per heavy atom. The third-order valence-electron chi connectivity index (χ3n) is 4.55. The molecule has 1 aliphatic carbocycles. The van der Waals surface area contributed by atoms with E-state index in [0.717, 1.165) is 28.2 Å². The Hall–Kier alpha value is -1.03. The molecule has 2 atom stereocenters. The Morgan fingerprint density at radius 2 is 2.05 bits per heavy atom. The van der Waals surface area contributed by atoms with Crippen LogP contribution in [0.25, 0.3) is 0 Å². The fourth-order valence-corrected chi connectivity index (χ4v) is 4.07. The number of fused-ring (bicyclic) bond motifs is 1. The van der Waals surface area contributed by atoms with Gasteiger partial charge in [-0.1, -0.05) is 22.4 Å². The lowest BCUT2D eigenvalue weighted by atomic mass is 9.91. The lowest BCUT2D eigenvalue weighted by Crippen LogP contribution is -2.43. The Morgan fingerprint density at radius 1 is 1.26 bits per heavy atom. The molecule has 0 bridgehead atoms. The first-order valence-corrected chi connectivity index (χ1v) is 7.86. The molecule has 0 spiro atoms. The van der Waals surface area contributed by atoms with Gasteiger partial charge in [-0.15, -0.1) is 0 Å². The summed E-state index contributed by atoms with van der Waals surface area (Å²) in [5.41, 5.74) is 7.76. The third-order valence-corrected chi connectivity index (χ3v) is 5.05. The highest BCUT2D eigenvalue weighted by molar-refractivity contribution is 9.10. The van der Waals surface area contributed by atoms with Crippen molar-refractivity contribution < 1.29 is 0 Å². The molecule has 2 unspecified atom stereocenters. The van der Waals surface area contributed by atoms with Crippen molar-refractivity contribution in [3.63, 3.8) is 0 Å². The highest BCUT2D eigenvalue weighted by Crippen LogP contribution is 2.40. The number of piperidine rings is 1. The second-order valence-electron chi connectivity index (χ2n) is 5.67. The highest BCUT2D eigenvalue weighted by atomic mass is 79.9. The van der Waals surface area contributed by atoms with Gasteiger partial charge in [-0.3, -0.25) is 5.41 Å². The van der Waals surface area contributed by atoms with Crippen molar-refractivity contribution in [3.05, 3.63) is 28.2 Å². The lowest BCUT2D eigenvalue weighted by Gasteiger charge is -2.40. The molecule has 2 aliphatic rings. The second-order valence-corrected chi connectivity index (χ2v) is 6.58. The zero-order valence-corrected chi connectivity index (χ0v) is 12.6. The summed E-state index contributed by atoms with van der Waals surface area (Å²) < 4.78 is 1.06. The molecular formula is C15H20BrN3. The van der Waals surface area contributed by atoms with E-state index in [1.807, 2.05) is 12.1 Å². The molecule has 1 saturated carbocycles. The van der Waals surface area contributed by atoms with E-state index in [1.165, 1.54) is 32.1 Å². The highest BCUT2D eigenvalue weighted by Gasteiger charge is 2.35. The van der Waals surface area contributed by atoms with E-state index in [-0.39, 0.29) is 5.84 Å². The van der Waals surface area contributed by atoms with Gasteiger partial charge in [-0.05, 0) is 49.8 Å². The van der Waals surface area contributed by atoms with Gasteiger partial charge in [0.2, 0.25) is 0 Å². The first-order valence-electron chi connectivity index (χ1n) is 7.07. The molecule has 3 N–H and O–H groups in total. The van der Waals surface area contributed by atoms with Gasteiger partial charge in [0.05, 0.1) is 0 Å². The molecule has 1 aliphatic heterocycles. The molecule has 2 fully saturated rings. The first kappa shape index (κ1) is 13.0. The number of nitrogens with one attached hydrogen (secondary N) is 1. The maximum Gasteiger partial charge on any atom is 0.124 e. The van der Waals surface area contributed by atoms with Crippen LogP contribution in [0.1, 0.15) is 37.7 Å². The van der Waals surface area contributed by atoms with Crippen LogP contribution >= 0.6 is 15.9 Å². The average Bonchev–Trinajstić information content (AvgIpc) is 2.86. The number of halogens is 1. The van der Waals surface area contributed by atoms with E-state index in [4.69, 9.17) is 11.1 Å². The van der Waals surface area contributed by atoms with Crippen molar-refractivity contribution in [3.8, 4) is 0 Å². The van der Waals surface area contributed by atoms with Gasteiger partial charge < -0.3 is 10.6 Å². The van der Waals surface area contributed by atoms with Gasteiger partial charge in [0.25, 0.3) is 0 Å². The minimum atomic E-state index is 0.169. The molecule has 0 aromatic heterocycles. The average molecular weight is 322 g/mol. The second kappa shape index (κ2) is 5.16. The molecule has 4 heteroatoms. The molecule has 0 radical (unpaired) electrons. The minimum absolute atomic E-state index is 0.169. The van der Waals surface area contributed by atoms with Crippen LogP contribution < -0.4 is 10.6 Å². The van der Waals surface area contributed by atoms with E-state index in [1.54, 1.807) is 0 Å². The van der Waals surface area contributed by atoms with E-state index >= 15 is 0 Å². The summed E-state index contributed by atoms with van der Waals surface area (Å²) in [5.74, 6) is 1.01. The maximum atomic E-state index is 7.79. The molecule has 3 rings (SSSR count). The molecule has 1 heterocycles. The summed E-state index contributed by atoms with van der Waals surface area (Å²) in [7, 11) is 0. The molecule has 1 saturated heterocycles. The molecular weight excluding hydrogens is 302 g/mol. The van der Waals surface area contributed by atoms with E-state index < -0.39 is 0 Å². The fraction of sp³-hybridized carbons (Fsp3) is 0.533. The normalized spacial score (nSPS) is 26.3. The molecule has 1 aromatic carbocycles. The summed E-state index contributed by atoms with van der Waals surface area (Å²) in [6, 6.07) is 6.70. The topological polar surface area (TPSA) is 53.1 Å². The quantitative estimate of drug-likeness (QED) is 0.647. The van der Waals surface area contributed by atoms with Gasteiger partial charge in [-0.2, -0.15) is 0 Å². The summed E-state index contributed by atoms with van der Waals surface area (Å²) in [6.07, 6.45) is 6.62. The molecule has 102 valence electrons. The van der Waals surface area contributed by atoms with Crippen molar-refractivity contribution in [2.45, 2.75) is 38.1 Å². The van der Waals surface area contributed by atoms with Crippen LogP contribution in [-0.2, 0) is 0 Å². The summed E-state index contributed by atoms with van der Waals surface area (Å²) in [4.78, 5) is 2.50. The SMILES string of the molecule is N=C(N)c1ccc(Br)cc1N1CCCC2CCCC21. The molecule has 0 amide bonds. The standard InChI is InChI=1S/C15H20BrN3/c16-11-6-7-12(15(17)18)14(9-11)19-8-2-4-10-3-1-5-13(10)19/h6-7,9-10,13H,1-5,8H2,(H3,17,18). The number of nitrogens with two attached hydrogens (primary N) is 1. The third kappa shape index (κ3) is 2.38. The first-order chi connectivity index (χ1) is 9.16. The van der Waals surface area contributed by atoms with Gasteiger partial charge in [0, 0.05) is 28.3 Å². The van der Waals surface area contributed by atoms with E-state index in [9.17, 15) is 0 Å². The summed E-state index contributed by atoms with van der Waals surface area (Å²) >= 11 is 3.55. The zero-order chi connectivity index (χ0) is 13.4. The van der Waals surface area contributed by atoms with Gasteiger partial charge in [0.1, 0.15) is 5.84 Å². The number of anilines is 1. The lowest BCUT2D eigenvalue weighted by molar-refractivity contribution is 0.362. The number of nitrogens with zero attached hydrogens (tertiary/aromatic N) is 1. The number of rotatable bonds is 2. The van der Waals surface area contributed by atoms with Crippen LogP contribution in [-0.4, -0.2) is 18.4 Å². The number of benzene rings is 1. The molecule has 3 nitrogen and oxygen atoms in total. The Labute approximate surface area is 122 Å². The minimum Gasteiger partial charge on any atom is -0.384 e. The van der Waals surface area contributed by atoms with Crippen molar-refractivity contribution in [2.24, 2.45) is 11.7 Å². The van der Waals surface area contributed by atoms with Crippen LogP contribution in [0.2, 0.25) is 0 Å². The van der Waals surface area contributed by atoms with Crippen LogP contribution in [0.4, 0.5) is 5.69 Å². The summed E-state index contributed by atoms with van der Waals surface area (Å²) in [5, 5.41) is 7.79. The Balaban J connectivity index is 2.00. The Bertz CT molecular complexity index is 500. The van der Waals surface area contributed by atoms with E-state index in [0.29, 0.717) is 6.04 Å². The molecule has 1 aromatic rings. The largest absolute Gasteiger partial charge is 0.384 e. The monoisotopic (exact) mass is 321 g/mol. The predicted octanol–water partition coefficient (Wildman–Crippen LogP) is 3.50. The number of hydrogen-bond acceptors (Lipinski definition) is 2. The smallest absolute Gasteiger partial charge is 0.124 e. The van der Waals surface area contributed by atoms with Crippen LogP contribution in [0.15, 0.2) is 22.7 Å². The van der Waals surface area contributed by atoms with Gasteiger partial charge in [0.15, 0.2) is 0 Å².